The Kier molecular flexibility index (Phi) is 5.25. The predicted molar refractivity (Wildman–Crippen MR) is 118 cm³/mol. The van der Waals surface area contributed by atoms with Crippen LogP contribution in [-0.4, -0.2) is 9.55 Å². The van der Waals surface area contributed by atoms with E-state index in [2.05, 4.69) is 13.0 Å². The summed E-state index contributed by atoms with van der Waals surface area (Å²) in [7, 11) is 0. The average Bonchev–Trinajstić information content (AvgIpc) is 2.70. The lowest BCUT2D eigenvalue weighted by molar-refractivity contribution is 0.813. The average molecular weight is 407 g/mol. The highest BCUT2D eigenvalue weighted by molar-refractivity contribution is 7.98. The van der Waals surface area contributed by atoms with Gasteiger partial charge >= 0.3 is 0 Å². The van der Waals surface area contributed by atoms with Gasteiger partial charge in [0.25, 0.3) is 5.56 Å². The Labute approximate surface area is 173 Å². The second-order valence-corrected chi connectivity index (χ2v) is 8.07. The molecule has 3 aromatic carbocycles. The molecular weight excluding hydrogens is 388 g/mol. The quantitative estimate of drug-likeness (QED) is 0.310. The van der Waals surface area contributed by atoms with Gasteiger partial charge in [0.05, 0.1) is 16.6 Å². The Balaban J connectivity index is 1.87. The molecule has 0 N–H and O–H groups in total. The Morgan fingerprint density at radius 1 is 0.964 bits per heavy atom. The second-order valence-electron chi connectivity index (χ2n) is 6.69. The Bertz CT molecular complexity index is 1220. The van der Waals surface area contributed by atoms with Crippen LogP contribution in [0.2, 0.25) is 5.02 Å². The number of fused-ring (bicyclic) bond motifs is 1. The molecular formula is C23H19ClN2OS. The molecule has 0 aliphatic heterocycles. The van der Waals surface area contributed by atoms with E-state index < -0.39 is 0 Å². The maximum Gasteiger partial charge on any atom is 0.266 e. The van der Waals surface area contributed by atoms with E-state index in [0.29, 0.717) is 26.8 Å². The van der Waals surface area contributed by atoms with Crippen LogP contribution in [0.15, 0.2) is 76.7 Å². The second kappa shape index (κ2) is 7.82. The van der Waals surface area contributed by atoms with Gasteiger partial charge in [-0.3, -0.25) is 9.36 Å². The van der Waals surface area contributed by atoms with Crippen molar-refractivity contribution in [3.63, 3.8) is 0 Å². The minimum atomic E-state index is -0.0436. The smallest absolute Gasteiger partial charge is 0.266 e. The van der Waals surface area contributed by atoms with Gasteiger partial charge < -0.3 is 0 Å². The van der Waals surface area contributed by atoms with Crippen LogP contribution in [0, 0.1) is 13.8 Å². The summed E-state index contributed by atoms with van der Waals surface area (Å²) in [6.07, 6.45) is 0. The fourth-order valence-corrected chi connectivity index (χ4v) is 4.22. The van der Waals surface area contributed by atoms with E-state index in [9.17, 15) is 4.79 Å². The summed E-state index contributed by atoms with van der Waals surface area (Å²) in [5, 5.41) is 2.02. The van der Waals surface area contributed by atoms with Crippen molar-refractivity contribution in [2.24, 2.45) is 0 Å². The Morgan fingerprint density at radius 3 is 2.50 bits per heavy atom. The monoisotopic (exact) mass is 406 g/mol. The van der Waals surface area contributed by atoms with Crippen molar-refractivity contribution in [3.8, 4) is 5.69 Å². The number of rotatable bonds is 4. The fourth-order valence-electron chi connectivity index (χ4n) is 3.13. The third-order valence-electron chi connectivity index (χ3n) is 4.84. The standard InChI is InChI=1S/C23H19ClN2OS/c1-15-6-5-9-21(16(15)2)26-22(27)19-7-3-4-8-20(19)25-23(26)28-14-17-10-12-18(24)13-11-17/h3-13H,14H2,1-2H3. The molecule has 4 aromatic rings. The molecule has 0 unspecified atom stereocenters. The highest BCUT2D eigenvalue weighted by Crippen LogP contribution is 2.27. The molecule has 0 aliphatic carbocycles. The summed E-state index contributed by atoms with van der Waals surface area (Å²) in [6.45, 7) is 4.10. The van der Waals surface area contributed by atoms with Crippen LogP contribution in [0.5, 0.6) is 0 Å². The number of hydrogen-bond acceptors (Lipinski definition) is 3. The third kappa shape index (κ3) is 3.58. The number of benzene rings is 3. The van der Waals surface area contributed by atoms with Gasteiger partial charge in [0.2, 0.25) is 0 Å². The lowest BCUT2D eigenvalue weighted by Gasteiger charge is -2.16. The molecule has 0 bridgehead atoms. The molecule has 4 rings (SSSR count). The van der Waals surface area contributed by atoms with Crippen molar-refractivity contribution in [2.45, 2.75) is 24.8 Å². The van der Waals surface area contributed by atoms with Gasteiger partial charge in [-0.2, -0.15) is 0 Å². The van der Waals surface area contributed by atoms with Gasteiger partial charge in [-0.1, -0.05) is 59.8 Å². The Morgan fingerprint density at radius 2 is 1.71 bits per heavy atom. The normalized spacial score (nSPS) is 11.1. The van der Waals surface area contributed by atoms with Gasteiger partial charge in [-0.05, 0) is 60.9 Å². The van der Waals surface area contributed by atoms with Gasteiger partial charge in [-0.15, -0.1) is 0 Å². The van der Waals surface area contributed by atoms with Crippen molar-refractivity contribution < 1.29 is 0 Å². The summed E-state index contributed by atoms with van der Waals surface area (Å²) in [5.41, 5.74) is 4.90. The first-order valence-electron chi connectivity index (χ1n) is 9.00. The van der Waals surface area contributed by atoms with E-state index >= 15 is 0 Å². The van der Waals surface area contributed by atoms with Crippen LogP contribution in [0.4, 0.5) is 0 Å². The molecule has 5 heteroatoms. The first-order chi connectivity index (χ1) is 13.5. The molecule has 0 saturated carbocycles. The minimum absolute atomic E-state index is 0.0436. The largest absolute Gasteiger partial charge is 0.268 e. The van der Waals surface area contributed by atoms with Gasteiger partial charge in [0.15, 0.2) is 5.16 Å². The number of para-hydroxylation sites is 1. The summed E-state index contributed by atoms with van der Waals surface area (Å²) in [4.78, 5) is 18.2. The van der Waals surface area contributed by atoms with E-state index in [1.807, 2.05) is 67.6 Å². The molecule has 3 nitrogen and oxygen atoms in total. The number of hydrogen-bond donors (Lipinski definition) is 0. The predicted octanol–water partition coefficient (Wildman–Crippen LogP) is 5.95. The molecule has 1 heterocycles. The van der Waals surface area contributed by atoms with Gasteiger partial charge in [-0.25, -0.2) is 4.98 Å². The van der Waals surface area contributed by atoms with Crippen LogP contribution < -0.4 is 5.56 Å². The highest BCUT2D eigenvalue weighted by Gasteiger charge is 2.15. The van der Waals surface area contributed by atoms with Crippen LogP contribution in [-0.2, 0) is 5.75 Å². The molecule has 0 radical (unpaired) electrons. The maximum absolute atomic E-state index is 13.4. The molecule has 0 fully saturated rings. The van der Waals surface area contributed by atoms with Crippen LogP contribution in [0.1, 0.15) is 16.7 Å². The van der Waals surface area contributed by atoms with Crippen molar-refractivity contribution in [3.05, 3.63) is 98.8 Å². The van der Waals surface area contributed by atoms with Crippen molar-refractivity contribution in [2.75, 3.05) is 0 Å². The summed E-state index contributed by atoms with van der Waals surface area (Å²) in [5.74, 6) is 0.701. The van der Waals surface area contributed by atoms with E-state index in [1.54, 1.807) is 16.3 Å². The topological polar surface area (TPSA) is 34.9 Å². The third-order valence-corrected chi connectivity index (χ3v) is 6.10. The van der Waals surface area contributed by atoms with Gasteiger partial charge in [0.1, 0.15) is 0 Å². The minimum Gasteiger partial charge on any atom is -0.268 e. The molecule has 0 aliphatic rings. The lowest BCUT2D eigenvalue weighted by Crippen LogP contribution is -2.22. The summed E-state index contributed by atoms with van der Waals surface area (Å²) < 4.78 is 1.74. The van der Waals surface area contributed by atoms with Crippen LogP contribution >= 0.6 is 23.4 Å². The zero-order valence-corrected chi connectivity index (χ0v) is 17.2. The van der Waals surface area contributed by atoms with E-state index in [-0.39, 0.29) is 5.56 Å². The van der Waals surface area contributed by atoms with Gasteiger partial charge in [0, 0.05) is 10.8 Å². The first-order valence-corrected chi connectivity index (χ1v) is 10.4. The first kappa shape index (κ1) is 18.8. The summed E-state index contributed by atoms with van der Waals surface area (Å²) >= 11 is 7.54. The number of halogens is 1. The molecule has 28 heavy (non-hydrogen) atoms. The molecule has 140 valence electrons. The highest BCUT2D eigenvalue weighted by atomic mass is 35.5. The van der Waals surface area contributed by atoms with E-state index in [1.165, 1.54) is 0 Å². The number of thioether (sulfide) groups is 1. The van der Waals surface area contributed by atoms with Crippen molar-refractivity contribution >= 4 is 34.3 Å². The van der Waals surface area contributed by atoms with E-state index in [4.69, 9.17) is 16.6 Å². The van der Waals surface area contributed by atoms with Crippen LogP contribution in [0.3, 0.4) is 0 Å². The van der Waals surface area contributed by atoms with Crippen molar-refractivity contribution in [1.29, 1.82) is 0 Å². The van der Waals surface area contributed by atoms with Crippen molar-refractivity contribution in [1.82, 2.24) is 9.55 Å². The number of nitrogens with zero attached hydrogens (tertiary/aromatic N) is 2. The molecule has 0 amide bonds. The zero-order chi connectivity index (χ0) is 19.7. The molecule has 0 spiro atoms. The maximum atomic E-state index is 13.4. The van der Waals surface area contributed by atoms with E-state index in [0.717, 1.165) is 22.4 Å². The molecule has 1 aromatic heterocycles. The lowest BCUT2D eigenvalue weighted by atomic mass is 10.1. The summed E-state index contributed by atoms with van der Waals surface area (Å²) in [6, 6.07) is 21.3. The molecule has 0 atom stereocenters. The zero-order valence-electron chi connectivity index (χ0n) is 15.6. The number of aromatic nitrogens is 2. The number of aryl methyl sites for hydroxylation is 1. The molecule has 0 saturated heterocycles. The fraction of sp³-hybridized carbons (Fsp3) is 0.130. The Hall–Kier alpha value is -2.56. The SMILES string of the molecule is Cc1cccc(-n2c(SCc3ccc(Cl)cc3)nc3ccccc3c2=O)c1C. The van der Waals surface area contributed by atoms with Crippen LogP contribution in [0.25, 0.3) is 16.6 Å².